The first-order valence-electron chi connectivity index (χ1n) is 11.6. The molecule has 0 unspecified atom stereocenters. The maximum absolute atomic E-state index is 13.2. The molecule has 178 valence electrons. The van der Waals surface area contributed by atoms with Crippen molar-refractivity contribution in [2.45, 2.75) is 25.3 Å². The van der Waals surface area contributed by atoms with Crippen LogP contribution < -0.4 is 16.0 Å². The number of amides is 1. The summed E-state index contributed by atoms with van der Waals surface area (Å²) < 4.78 is 6.90. The number of aromatic nitrogens is 4. The van der Waals surface area contributed by atoms with Gasteiger partial charge in [-0.3, -0.25) is 14.7 Å². The smallest absolute Gasteiger partial charge is 0.263 e. The number of carbonyl (C=O) groups is 1. The Hall–Kier alpha value is -2.95. The molecule has 6 rings (SSSR count). The van der Waals surface area contributed by atoms with Crippen molar-refractivity contribution in [1.82, 2.24) is 24.5 Å². The van der Waals surface area contributed by atoms with Gasteiger partial charge in [0.1, 0.15) is 5.56 Å². The number of nitrogen functional groups attached to an aromatic ring is 1. The van der Waals surface area contributed by atoms with Gasteiger partial charge in [-0.1, -0.05) is 11.6 Å². The molecule has 11 heteroatoms. The zero-order valence-electron chi connectivity index (χ0n) is 18.8. The van der Waals surface area contributed by atoms with E-state index in [2.05, 4.69) is 30.2 Å². The topological polar surface area (TPSA) is 114 Å². The summed E-state index contributed by atoms with van der Waals surface area (Å²) in [6.45, 7) is 6.02. The van der Waals surface area contributed by atoms with Crippen molar-refractivity contribution in [2.75, 3.05) is 55.3 Å². The number of halogens is 1. The Bertz CT molecular complexity index is 1230. The molecule has 3 aromatic rings. The number of piperidine rings is 1. The fraction of sp³-hybridized carbons (Fsp3) is 0.478. The molecule has 1 amide bonds. The van der Waals surface area contributed by atoms with Crippen LogP contribution in [0.5, 0.6) is 0 Å². The second kappa shape index (κ2) is 8.37. The minimum absolute atomic E-state index is 0.0961. The lowest BCUT2D eigenvalue weighted by Crippen LogP contribution is -2.48. The van der Waals surface area contributed by atoms with E-state index >= 15 is 0 Å². The van der Waals surface area contributed by atoms with Crippen LogP contribution in [0, 0.1) is 5.41 Å². The van der Waals surface area contributed by atoms with Gasteiger partial charge in [-0.05, 0) is 31.9 Å². The zero-order chi connectivity index (χ0) is 23.3. The molecule has 3 aliphatic heterocycles. The normalized spacial score (nSPS) is 20.7. The highest BCUT2D eigenvalue weighted by atomic mass is 35.5. The Labute approximate surface area is 202 Å². The van der Waals surface area contributed by atoms with Crippen molar-refractivity contribution in [3.05, 3.63) is 41.4 Å². The quantitative estimate of drug-likeness (QED) is 0.582. The van der Waals surface area contributed by atoms with Crippen molar-refractivity contribution in [1.29, 1.82) is 0 Å². The maximum atomic E-state index is 13.2. The van der Waals surface area contributed by atoms with Crippen molar-refractivity contribution >= 4 is 40.3 Å². The van der Waals surface area contributed by atoms with Crippen LogP contribution in [0.15, 0.2) is 30.9 Å². The van der Waals surface area contributed by atoms with E-state index in [1.807, 2.05) is 6.07 Å². The number of carbonyl (C=O) groups excluding carboxylic acids is 1. The molecular formula is C23H27ClN8O2. The molecule has 34 heavy (non-hydrogen) atoms. The molecule has 0 radical (unpaired) electrons. The number of nitrogens with one attached hydrogen (secondary N) is 1. The number of nitrogens with zero attached hydrogens (tertiary/aromatic N) is 6. The zero-order valence-corrected chi connectivity index (χ0v) is 19.5. The number of fused-ring (bicyclic) bond motifs is 1. The van der Waals surface area contributed by atoms with E-state index in [0.29, 0.717) is 27.8 Å². The highest BCUT2D eigenvalue weighted by Crippen LogP contribution is 2.40. The van der Waals surface area contributed by atoms with Gasteiger partial charge >= 0.3 is 0 Å². The summed E-state index contributed by atoms with van der Waals surface area (Å²) in [6.07, 6.45) is 9.90. The molecule has 0 atom stereocenters. The van der Waals surface area contributed by atoms with Gasteiger partial charge in [0, 0.05) is 43.5 Å². The standard InChI is InChI=1S/C23H27ClN8O2/c24-15-9-27-21-19(20(25)29-32(21)11-15)22(33)28-17-10-26-5-1-18(17)30-6-2-16(3-7-30)31-8-4-23(12-31)13-34-14-23/h1,5,9-11,16H,2-4,6-8,12-14H2,(H2,25,29)(H,28,33). The third-order valence-corrected chi connectivity index (χ3v) is 7.54. The Morgan fingerprint density at radius 2 is 2.06 bits per heavy atom. The Morgan fingerprint density at radius 1 is 1.24 bits per heavy atom. The van der Waals surface area contributed by atoms with Crippen molar-refractivity contribution < 1.29 is 9.53 Å². The summed E-state index contributed by atoms with van der Waals surface area (Å²) in [5.74, 6) is -0.282. The van der Waals surface area contributed by atoms with Gasteiger partial charge in [-0.25, -0.2) is 9.50 Å². The minimum atomic E-state index is -0.378. The maximum Gasteiger partial charge on any atom is 0.263 e. The predicted octanol–water partition coefficient (Wildman–Crippen LogP) is 2.30. The molecule has 0 aliphatic carbocycles. The second-order valence-corrected chi connectivity index (χ2v) is 10.0. The van der Waals surface area contributed by atoms with Crippen molar-refractivity contribution in [3.8, 4) is 0 Å². The molecule has 3 aromatic heterocycles. The van der Waals surface area contributed by atoms with Crippen LogP contribution >= 0.6 is 11.6 Å². The van der Waals surface area contributed by atoms with Gasteiger partial charge in [0.2, 0.25) is 0 Å². The summed E-state index contributed by atoms with van der Waals surface area (Å²) >= 11 is 5.99. The molecule has 3 N–H and O–H groups in total. The molecule has 10 nitrogen and oxygen atoms in total. The van der Waals surface area contributed by atoms with Gasteiger partial charge in [0.05, 0.1) is 42.0 Å². The van der Waals surface area contributed by atoms with Crippen LogP contribution in [0.3, 0.4) is 0 Å². The van der Waals surface area contributed by atoms with Crippen LogP contribution in [0.2, 0.25) is 5.02 Å². The number of ether oxygens (including phenoxy) is 1. The van der Waals surface area contributed by atoms with E-state index in [9.17, 15) is 4.79 Å². The number of hydrogen-bond acceptors (Lipinski definition) is 8. The Kier molecular flexibility index (Phi) is 5.31. The van der Waals surface area contributed by atoms with Crippen LogP contribution in [-0.2, 0) is 4.74 Å². The van der Waals surface area contributed by atoms with E-state index in [4.69, 9.17) is 22.1 Å². The second-order valence-electron chi connectivity index (χ2n) is 9.58. The van der Waals surface area contributed by atoms with Gasteiger partial charge in [0.25, 0.3) is 5.91 Å². The molecule has 3 aliphatic rings. The number of hydrogen-bond donors (Lipinski definition) is 2. The van der Waals surface area contributed by atoms with E-state index in [1.165, 1.54) is 23.7 Å². The molecule has 3 saturated heterocycles. The van der Waals surface area contributed by atoms with Gasteiger partial charge < -0.3 is 20.7 Å². The van der Waals surface area contributed by atoms with Crippen LogP contribution in [0.1, 0.15) is 29.6 Å². The monoisotopic (exact) mass is 482 g/mol. The van der Waals surface area contributed by atoms with Crippen LogP contribution in [-0.4, -0.2) is 75.8 Å². The number of likely N-dealkylation sites (tertiary alicyclic amines) is 1. The average molecular weight is 483 g/mol. The number of nitrogens with two attached hydrogens (primary N) is 1. The Morgan fingerprint density at radius 3 is 2.79 bits per heavy atom. The van der Waals surface area contributed by atoms with E-state index < -0.39 is 0 Å². The molecule has 3 fully saturated rings. The lowest BCUT2D eigenvalue weighted by Gasteiger charge is -2.41. The number of rotatable bonds is 4. The molecular weight excluding hydrogens is 456 g/mol. The van der Waals surface area contributed by atoms with Crippen molar-refractivity contribution in [2.24, 2.45) is 5.41 Å². The molecule has 6 heterocycles. The highest BCUT2D eigenvalue weighted by molar-refractivity contribution is 6.30. The summed E-state index contributed by atoms with van der Waals surface area (Å²) in [4.78, 5) is 26.6. The van der Waals surface area contributed by atoms with Crippen LogP contribution in [0.4, 0.5) is 17.2 Å². The predicted molar refractivity (Wildman–Crippen MR) is 129 cm³/mol. The van der Waals surface area contributed by atoms with E-state index in [-0.39, 0.29) is 17.3 Å². The summed E-state index contributed by atoms with van der Waals surface area (Å²) in [5, 5.41) is 7.55. The SMILES string of the molecule is Nc1nn2cc(Cl)cnc2c1C(=O)Nc1cnccc1N1CCC(N2CCC3(COC3)C2)CC1. The lowest BCUT2D eigenvalue weighted by atomic mass is 9.85. The lowest BCUT2D eigenvalue weighted by molar-refractivity contribution is -0.106. The van der Waals surface area contributed by atoms with Gasteiger partial charge in [-0.15, -0.1) is 5.10 Å². The summed E-state index contributed by atoms with van der Waals surface area (Å²) in [7, 11) is 0. The average Bonchev–Trinajstić information content (AvgIpc) is 3.41. The first-order valence-corrected chi connectivity index (χ1v) is 12.0. The Balaban J connectivity index is 1.16. The molecule has 0 saturated carbocycles. The fourth-order valence-electron chi connectivity index (χ4n) is 5.47. The fourth-order valence-corrected chi connectivity index (χ4v) is 5.61. The van der Waals surface area contributed by atoms with Crippen LogP contribution in [0.25, 0.3) is 5.65 Å². The highest BCUT2D eigenvalue weighted by Gasteiger charge is 2.46. The summed E-state index contributed by atoms with van der Waals surface area (Å²) in [6, 6.07) is 2.55. The number of anilines is 3. The third kappa shape index (κ3) is 3.75. The minimum Gasteiger partial charge on any atom is -0.381 e. The number of pyridine rings is 1. The first kappa shape index (κ1) is 21.6. The molecule has 1 spiro atoms. The van der Waals surface area contributed by atoms with E-state index in [0.717, 1.165) is 51.4 Å². The summed E-state index contributed by atoms with van der Waals surface area (Å²) in [5.41, 5.74) is 8.62. The van der Waals surface area contributed by atoms with Gasteiger partial charge in [-0.2, -0.15) is 0 Å². The molecule has 0 bridgehead atoms. The third-order valence-electron chi connectivity index (χ3n) is 7.35. The largest absolute Gasteiger partial charge is 0.381 e. The molecule has 0 aromatic carbocycles. The van der Waals surface area contributed by atoms with Gasteiger partial charge in [0.15, 0.2) is 11.5 Å². The first-order chi connectivity index (χ1) is 16.5. The van der Waals surface area contributed by atoms with E-state index in [1.54, 1.807) is 18.6 Å². The van der Waals surface area contributed by atoms with Crippen molar-refractivity contribution in [3.63, 3.8) is 0 Å².